The molecule has 0 bridgehead atoms. The molecule has 0 radical (unpaired) electrons. The molecule has 0 aromatic carbocycles. The van der Waals surface area contributed by atoms with Gasteiger partial charge in [-0.15, -0.1) is 0 Å². The molecule has 5 heteroatoms. The van der Waals surface area contributed by atoms with E-state index in [0.29, 0.717) is 12.2 Å². The summed E-state index contributed by atoms with van der Waals surface area (Å²) in [5.74, 6) is -0.0936. The third-order valence-electron chi connectivity index (χ3n) is 3.31. The van der Waals surface area contributed by atoms with Crippen LogP contribution in [0, 0.1) is 0 Å². The Bertz CT molecular complexity index is 463. The second-order valence-corrected chi connectivity index (χ2v) is 4.52. The summed E-state index contributed by atoms with van der Waals surface area (Å²) in [6.07, 6.45) is 2.10. The van der Waals surface area contributed by atoms with Crippen molar-refractivity contribution < 1.29 is 4.79 Å². The van der Waals surface area contributed by atoms with Crippen molar-refractivity contribution in [1.82, 2.24) is 15.2 Å². The highest BCUT2D eigenvalue weighted by Crippen LogP contribution is 2.12. The lowest BCUT2D eigenvalue weighted by atomic mass is 10.1. The fourth-order valence-corrected chi connectivity index (χ4v) is 2.39. The van der Waals surface area contributed by atoms with Gasteiger partial charge < -0.3 is 15.2 Å². The molecule has 1 unspecified atom stereocenters. The maximum absolute atomic E-state index is 12.4. The van der Waals surface area contributed by atoms with Crippen molar-refractivity contribution in [2.24, 2.45) is 0 Å². The zero-order valence-corrected chi connectivity index (χ0v) is 10.6. The molecular weight excluding hydrogens is 230 g/mol. The van der Waals surface area contributed by atoms with Crippen LogP contribution < -0.4 is 10.9 Å². The monoisotopic (exact) mass is 249 g/mol. The molecule has 5 nitrogen and oxygen atoms in total. The molecule has 1 fully saturated rings. The van der Waals surface area contributed by atoms with Crippen LogP contribution in [0.15, 0.2) is 23.0 Å². The summed E-state index contributed by atoms with van der Waals surface area (Å²) in [5.41, 5.74) is 0.133. The molecule has 0 aliphatic carbocycles. The van der Waals surface area contributed by atoms with Gasteiger partial charge in [-0.25, -0.2) is 0 Å². The van der Waals surface area contributed by atoms with E-state index in [1.807, 2.05) is 11.8 Å². The number of piperidine rings is 1. The molecule has 2 heterocycles. The smallest absolute Gasteiger partial charge is 0.270 e. The Kier molecular flexibility index (Phi) is 4.15. The largest absolute Gasteiger partial charge is 0.333 e. The van der Waals surface area contributed by atoms with Gasteiger partial charge in [-0.2, -0.15) is 0 Å². The molecular formula is C13H19N3O2. The molecule has 2 N–H and O–H groups in total. The predicted octanol–water partition coefficient (Wildman–Crippen LogP) is 0.589. The summed E-state index contributed by atoms with van der Waals surface area (Å²) in [4.78, 5) is 28.0. The molecule has 0 saturated carbocycles. The van der Waals surface area contributed by atoms with Crippen molar-refractivity contribution >= 4 is 5.91 Å². The summed E-state index contributed by atoms with van der Waals surface area (Å²) in [6.45, 7) is 4.47. The van der Waals surface area contributed by atoms with Crippen molar-refractivity contribution in [3.63, 3.8) is 0 Å². The number of hydrogen-bond acceptors (Lipinski definition) is 3. The van der Waals surface area contributed by atoms with Gasteiger partial charge in [0.15, 0.2) is 0 Å². The van der Waals surface area contributed by atoms with Gasteiger partial charge in [0, 0.05) is 25.2 Å². The molecule has 1 atom stereocenters. The Hall–Kier alpha value is -1.62. The minimum absolute atomic E-state index is 0.0936. The van der Waals surface area contributed by atoms with E-state index in [2.05, 4.69) is 10.3 Å². The Morgan fingerprint density at radius 1 is 1.50 bits per heavy atom. The summed E-state index contributed by atoms with van der Waals surface area (Å²) in [5, 5.41) is 3.30. The first kappa shape index (κ1) is 12.8. The van der Waals surface area contributed by atoms with E-state index in [9.17, 15) is 9.59 Å². The number of carbonyl (C=O) groups is 1. The number of H-pyrrole nitrogens is 1. The normalized spacial score (nSPS) is 19.5. The molecule has 0 spiro atoms. The van der Waals surface area contributed by atoms with E-state index in [0.717, 1.165) is 25.9 Å². The molecule has 98 valence electrons. The second kappa shape index (κ2) is 5.82. The topological polar surface area (TPSA) is 65.2 Å². The van der Waals surface area contributed by atoms with Gasteiger partial charge in [0.25, 0.3) is 5.91 Å². The van der Waals surface area contributed by atoms with E-state index < -0.39 is 0 Å². The summed E-state index contributed by atoms with van der Waals surface area (Å²) in [7, 11) is 0. The number of likely N-dealkylation sites (N-methyl/N-ethyl adjacent to an activating group) is 1. The highest BCUT2D eigenvalue weighted by Gasteiger charge is 2.25. The van der Waals surface area contributed by atoms with Crippen LogP contribution >= 0.6 is 0 Å². The molecule has 1 aromatic rings. The van der Waals surface area contributed by atoms with Crippen LogP contribution in [0.1, 0.15) is 30.3 Å². The Morgan fingerprint density at radius 2 is 2.33 bits per heavy atom. The molecule has 1 aliphatic rings. The summed E-state index contributed by atoms with van der Waals surface area (Å²) in [6, 6.07) is 4.90. The van der Waals surface area contributed by atoms with Crippen LogP contribution in [-0.2, 0) is 0 Å². The number of nitrogens with one attached hydrogen (secondary N) is 2. The summed E-state index contributed by atoms with van der Waals surface area (Å²) < 4.78 is 0. The average Bonchev–Trinajstić information content (AvgIpc) is 2.41. The van der Waals surface area contributed by atoms with Crippen LogP contribution in [0.2, 0.25) is 0 Å². The number of nitrogens with zero attached hydrogens (tertiary/aromatic N) is 1. The van der Waals surface area contributed by atoms with Crippen LogP contribution in [0.25, 0.3) is 0 Å². The van der Waals surface area contributed by atoms with E-state index in [1.54, 1.807) is 12.1 Å². The lowest BCUT2D eigenvalue weighted by Gasteiger charge is -2.33. The lowest BCUT2D eigenvalue weighted by molar-refractivity contribution is 0.0656. The number of aromatic amines is 1. The maximum atomic E-state index is 12.4. The van der Waals surface area contributed by atoms with Crippen molar-refractivity contribution in [2.75, 3.05) is 19.6 Å². The highest BCUT2D eigenvalue weighted by atomic mass is 16.2. The first-order valence-corrected chi connectivity index (χ1v) is 6.43. The quantitative estimate of drug-likeness (QED) is 0.824. The zero-order chi connectivity index (χ0) is 13.0. The van der Waals surface area contributed by atoms with Gasteiger partial charge in [-0.05, 0) is 32.4 Å². The standard InChI is InChI=1S/C13H19N3O2/c1-2-16(10-5-4-8-14-9-10)13(18)11-6-3-7-12(17)15-11/h3,6-7,10,14H,2,4-5,8-9H2,1H3,(H,15,17). The maximum Gasteiger partial charge on any atom is 0.270 e. The fraction of sp³-hybridized carbons (Fsp3) is 0.538. The molecule has 1 amide bonds. The van der Waals surface area contributed by atoms with E-state index in [-0.39, 0.29) is 17.5 Å². The fourth-order valence-electron chi connectivity index (χ4n) is 2.39. The minimum atomic E-state index is -0.237. The average molecular weight is 249 g/mol. The SMILES string of the molecule is CCN(C(=O)c1cccc(=O)[nH]1)C1CCCNC1. The van der Waals surface area contributed by atoms with Crippen molar-refractivity contribution in [1.29, 1.82) is 0 Å². The Balaban J connectivity index is 2.16. The second-order valence-electron chi connectivity index (χ2n) is 4.52. The third kappa shape index (κ3) is 2.79. The van der Waals surface area contributed by atoms with Crippen molar-refractivity contribution in [3.8, 4) is 0 Å². The van der Waals surface area contributed by atoms with Crippen molar-refractivity contribution in [3.05, 3.63) is 34.2 Å². The summed E-state index contributed by atoms with van der Waals surface area (Å²) >= 11 is 0. The van der Waals surface area contributed by atoms with Gasteiger partial charge >= 0.3 is 0 Å². The first-order chi connectivity index (χ1) is 8.72. The van der Waals surface area contributed by atoms with Crippen LogP contribution in [0.5, 0.6) is 0 Å². The lowest BCUT2D eigenvalue weighted by Crippen LogP contribution is -2.49. The van der Waals surface area contributed by atoms with E-state index >= 15 is 0 Å². The molecule has 2 rings (SSSR count). The Labute approximate surface area is 106 Å². The first-order valence-electron chi connectivity index (χ1n) is 6.43. The van der Waals surface area contributed by atoms with Crippen LogP contribution in [0.3, 0.4) is 0 Å². The van der Waals surface area contributed by atoms with Gasteiger partial charge in [-0.3, -0.25) is 9.59 Å². The zero-order valence-electron chi connectivity index (χ0n) is 10.6. The number of aromatic nitrogens is 1. The van der Waals surface area contributed by atoms with Gasteiger partial charge in [0.2, 0.25) is 5.56 Å². The molecule has 18 heavy (non-hydrogen) atoms. The van der Waals surface area contributed by atoms with Gasteiger partial charge in [0.05, 0.1) is 0 Å². The van der Waals surface area contributed by atoms with Crippen molar-refractivity contribution in [2.45, 2.75) is 25.8 Å². The third-order valence-corrected chi connectivity index (χ3v) is 3.31. The number of hydrogen-bond donors (Lipinski definition) is 2. The molecule has 1 saturated heterocycles. The molecule has 1 aliphatic heterocycles. The van der Waals surface area contributed by atoms with E-state index in [4.69, 9.17) is 0 Å². The van der Waals surface area contributed by atoms with Gasteiger partial charge in [-0.1, -0.05) is 6.07 Å². The van der Waals surface area contributed by atoms with Crippen LogP contribution in [0.4, 0.5) is 0 Å². The predicted molar refractivity (Wildman–Crippen MR) is 69.7 cm³/mol. The van der Waals surface area contributed by atoms with Gasteiger partial charge in [0.1, 0.15) is 5.69 Å². The minimum Gasteiger partial charge on any atom is -0.333 e. The number of pyridine rings is 1. The van der Waals surface area contributed by atoms with E-state index in [1.165, 1.54) is 6.07 Å². The Morgan fingerprint density at radius 3 is 2.94 bits per heavy atom. The molecule has 1 aromatic heterocycles. The number of carbonyl (C=O) groups excluding carboxylic acids is 1. The number of rotatable bonds is 3. The van der Waals surface area contributed by atoms with Crippen LogP contribution in [-0.4, -0.2) is 41.5 Å². The number of amides is 1. The highest BCUT2D eigenvalue weighted by molar-refractivity contribution is 5.92.